The highest BCUT2D eigenvalue weighted by Gasteiger charge is 2.05. The molecule has 0 unspecified atom stereocenters. The molecule has 3 aromatic rings. The number of aromatic nitrogens is 4. The van der Waals surface area contributed by atoms with Crippen LogP contribution in [0.2, 0.25) is 5.15 Å². The first kappa shape index (κ1) is 7.70. The normalized spacial score (nSPS) is 11.2. The molecule has 0 N–H and O–H groups in total. The quantitative estimate of drug-likeness (QED) is 0.562. The van der Waals surface area contributed by atoms with Crippen LogP contribution < -0.4 is 0 Å². The number of hydrogen-bond donors (Lipinski definition) is 0. The van der Waals surface area contributed by atoms with E-state index in [2.05, 4.69) is 15.0 Å². The molecule has 5 heteroatoms. The van der Waals surface area contributed by atoms with Gasteiger partial charge in [0.2, 0.25) is 0 Å². The average Bonchev–Trinajstić information content (AvgIpc) is 2.67. The maximum Gasteiger partial charge on any atom is 0.155 e. The van der Waals surface area contributed by atoms with E-state index >= 15 is 0 Å². The van der Waals surface area contributed by atoms with Gasteiger partial charge in [-0.05, 0) is 6.07 Å². The Labute approximate surface area is 84.2 Å². The molecule has 14 heavy (non-hydrogen) atoms. The highest BCUT2D eigenvalue weighted by molar-refractivity contribution is 6.33. The van der Waals surface area contributed by atoms with Crippen LogP contribution >= 0.6 is 11.6 Å². The first-order valence-electron chi connectivity index (χ1n) is 4.07. The van der Waals surface area contributed by atoms with Crippen molar-refractivity contribution in [3.63, 3.8) is 0 Å². The monoisotopic (exact) mass is 204 g/mol. The second kappa shape index (κ2) is 2.65. The number of pyridine rings is 1. The van der Waals surface area contributed by atoms with E-state index in [1.807, 2.05) is 10.5 Å². The second-order valence-corrected chi connectivity index (χ2v) is 3.27. The van der Waals surface area contributed by atoms with Crippen LogP contribution in [0.4, 0.5) is 0 Å². The Morgan fingerprint density at radius 3 is 3.00 bits per heavy atom. The fourth-order valence-corrected chi connectivity index (χ4v) is 1.70. The number of hydrogen-bond acceptors (Lipinski definition) is 3. The summed E-state index contributed by atoms with van der Waals surface area (Å²) in [6, 6.07) is 1.88. The zero-order valence-corrected chi connectivity index (χ0v) is 7.81. The van der Waals surface area contributed by atoms with Crippen LogP contribution in [-0.4, -0.2) is 19.4 Å². The van der Waals surface area contributed by atoms with Gasteiger partial charge in [-0.25, -0.2) is 9.97 Å². The zero-order valence-electron chi connectivity index (χ0n) is 7.05. The summed E-state index contributed by atoms with van der Waals surface area (Å²) in [7, 11) is 0. The van der Waals surface area contributed by atoms with Gasteiger partial charge in [0.1, 0.15) is 11.0 Å². The average molecular weight is 205 g/mol. The topological polar surface area (TPSA) is 43.1 Å². The number of halogens is 1. The van der Waals surface area contributed by atoms with Crippen LogP contribution in [0.15, 0.2) is 31.0 Å². The predicted octanol–water partition coefficient (Wildman–Crippen LogP) is 1.93. The Kier molecular flexibility index (Phi) is 1.46. The van der Waals surface area contributed by atoms with E-state index in [1.165, 1.54) is 0 Å². The maximum absolute atomic E-state index is 5.98. The molecule has 0 aromatic carbocycles. The fraction of sp³-hybridized carbons (Fsp3) is 0. The zero-order chi connectivity index (χ0) is 9.54. The number of rotatable bonds is 0. The van der Waals surface area contributed by atoms with E-state index in [0.717, 1.165) is 16.6 Å². The standard InChI is InChI=1S/C9H5ClN4/c10-9-8-4-12-5-14(8)7-1-2-11-3-6(7)13-9/h1-5H. The molecule has 3 heterocycles. The van der Waals surface area contributed by atoms with Gasteiger partial charge in [-0.3, -0.25) is 9.38 Å². The molecule has 0 amide bonds. The highest BCUT2D eigenvalue weighted by atomic mass is 35.5. The molecule has 3 aromatic heterocycles. The largest absolute Gasteiger partial charge is 0.294 e. The Morgan fingerprint density at radius 2 is 2.07 bits per heavy atom. The van der Waals surface area contributed by atoms with Gasteiger partial charge in [0.15, 0.2) is 5.15 Å². The summed E-state index contributed by atoms with van der Waals surface area (Å²) < 4.78 is 1.90. The lowest BCUT2D eigenvalue weighted by molar-refractivity contribution is 1.17. The van der Waals surface area contributed by atoms with Gasteiger partial charge in [0.25, 0.3) is 0 Å². The van der Waals surface area contributed by atoms with Crippen LogP contribution in [0.1, 0.15) is 0 Å². The minimum Gasteiger partial charge on any atom is -0.294 e. The van der Waals surface area contributed by atoms with E-state index < -0.39 is 0 Å². The van der Waals surface area contributed by atoms with Crippen molar-refractivity contribution in [1.82, 2.24) is 19.4 Å². The summed E-state index contributed by atoms with van der Waals surface area (Å²) in [4.78, 5) is 12.2. The van der Waals surface area contributed by atoms with Gasteiger partial charge >= 0.3 is 0 Å². The molecule has 0 aliphatic heterocycles. The number of imidazole rings is 1. The Morgan fingerprint density at radius 1 is 1.14 bits per heavy atom. The summed E-state index contributed by atoms with van der Waals surface area (Å²) in [6.07, 6.45) is 6.80. The molecule has 0 saturated heterocycles. The van der Waals surface area contributed by atoms with Crippen LogP contribution in [-0.2, 0) is 0 Å². The van der Waals surface area contributed by atoms with Crippen molar-refractivity contribution in [3.8, 4) is 0 Å². The van der Waals surface area contributed by atoms with Crippen molar-refractivity contribution in [1.29, 1.82) is 0 Å². The summed E-state index contributed by atoms with van der Waals surface area (Å²) in [6.45, 7) is 0. The lowest BCUT2D eigenvalue weighted by Crippen LogP contribution is -1.91. The van der Waals surface area contributed by atoms with Crippen LogP contribution in [0.5, 0.6) is 0 Å². The third kappa shape index (κ3) is 0.914. The van der Waals surface area contributed by atoms with Crippen molar-refractivity contribution in [2.75, 3.05) is 0 Å². The molecule has 0 bridgehead atoms. The van der Waals surface area contributed by atoms with E-state index in [4.69, 9.17) is 11.6 Å². The minimum absolute atomic E-state index is 0.447. The van der Waals surface area contributed by atoms with Crippen LogP contribution in [0.25, 0.3) is 16.6 Å². The molecule has 0 fully saturated rings. The fourth-order valence-electron chi connectivity index (χ4n) is 1.47. The lowest BCUT2D eigenvalue weighted by atomic mass is 10.4. The molecule has 68 valence electrons. The molecule has 0 atom stereocenters. The Hall–Kier alpha value is -1.68. The maximum atomic E-state index is 5.98. The van der Waals surface area contributed by atoms with E-state index in [9.17, 15) is 0 Å². The van der Waals surface area contributed by atoms with Gasteiger partial charge in [-0.2, -0.15) is 0 Å². The first-order valence-corrected chi connectivity index (χ1v) is 4.45. The molecule has 0 spiro atoms. The molecule has 3 rings (SSSR count). The molecule has 0 radical (unpaired) electrons. The molecule has 0 saturated carbocycles. The summed E-state index contributed by atoms with van der Waals surface area (Å²) >= 11 is 5.98. The molecule has 0 aliphatic carbocycles. The Bertz CT molecular complexity index is 616. The number of nitrogens with zero attached hydrogens (tertiary/aromatic N) is 4. The van der Waals surface area contributed by atoms with E-state index in [1.54, 1.807) is 24.9 Å². The Balaban J connectivity index is 2.66. The van der Waals surface area contributed by atoms with E-state index in [0.29, 0.717) is 5.15 Å². The smallest absolute Gasteiger partial charge is 0.155 e. The summed E-state index contributed by atoms with van der Waals surface area (Å²) in [5, 5.41) is 0.447. The lowest BCUT2D eigenvalue weighted by Gasteiger charge is -2.01. The molecular formula is C9H5ClN4. The van der Waals surface area contributed by atoms with Gasteiger partial charge in [-0.1, -0.05) is 11.6 Å². The summed E-state index contributed by atoms with van der Waals surface area (Å²) in [5.41, 5.74) is 2.53. The van der Waals surface area contributed by atoms with Gasteiger partial charge in [0, 0.05) is 6.20 Å². The van der Waals surface area contributed by atoms with Crippen molar-refractivity contribution < 1.29 is 0 Å². The van der Waals surface area contributed by atoms with Crippen molar-refractivity contribution in [2.45, 2.75) is 0 Å². The van der Waals surface area contributed by atoms with Crippen molar-refractivity contribution in [2.24, 2.45) is 0 Å². The first-order chi connectivity index (χ1) is 6.86. The number of fused-ring (bicyclic) bond motifs is 3. The third-order valence-electron chi connectivity index (χ3n) is 2.11. The van der Waals surface area contributed by atoms with Gasteiger partial charge in [-0.15, -0.1) is 0 Å². The van der Waals surface area contributed by atoms with Crippen LogP contribution in [0, 0.1) is 0 Å². The minimum atomic E-state index is 0.447. The van der Waals surface area contributed by atoms with Crippen molar-refractivity contribution >= 4 is 28.2 Å². The second-order valence-electron chi connectivity index (χ2n) is 2.92. The summed E-state index contributed by atoms with van der Waals surface area (Å²) in [5.74, 6) is 0. The van der Waals surface area contributed by atoms with E-state index in [-0.39, 0.29) is 0 Å². The molecule has 4 nitrogen and oxygen atoms in total. The van der Waals surface area contributed by atoms with Gasteiger partial charge < -0.3 is 0 Å². The highest BCUT2D eigenvalue weighted by Crippen LogP contribution is 2.19. The third-order valence-corrected chi connectivity index (χ3v) is 2.38. The molecule has 0 aliphatic rings. The molecular weight excluding hydrogens is 200 g/mol. The van der Waals surface area contributed by atoms with Crippen LogP contribution in [0.3, 0.4) is 0 Å². The SMILES string of the molecule is Clc1nc2cnccc2n2cncc12. The van der Waals surface area contributed by atoms with Crippen molar-refractivity contribution in [3.05, 3.63) is 36.1 Å². The predicted molar refractivity (Wildman–Crippen MR) is 53.3 cm³/mol. The van der Waals surface area contributed by atoms with Gasteiger partial charge in [0.05, 0.1) is 24.2 Å².